The third-order valence-corrected chi connectivity index (χ3v) is 2.40. The Bertz CT molecular complexity index is 271. The van der Waals surface area contributed by atoms with Crippen LogP contribution in [0.15, 0.2) is 24.3 Å². The summed E-state index contributed by atoms with van der Waals surface area (Å²) in [6, 6.07) is 7.92. The van der Waals surface area contributed by atoms with E-state index in [1.807, 2.05) is 24.3 Å². The molecule has 1 unspecified atom stereocenters. The van der Waals surface area contributed by atoms with E-state index in [9.17, 15) is 5.11 Å². The molecular formula is C12H19NO2. The number of ether oxygens (including phenoxy) is 1. The molecule has 0 spiro atoms. The van der Waals surface area contributed by atoms with Crippen molar-refractivity contribution in [3.8, 4) is 0 Å². The minimum absolute atomic E-state index is 0.267. The van der Waals surface area contributed by atoms with Crippen molar-refractivity contribution in [1.82, 2.24) is 0 Å². The molecule has 0 amide bonds. The van der Waals surface area contributed by atoms with Gasteiger partial charge in [-0.1, -0.05) is 24.3 Å². The fourth-order valence-electron chi connectivity index (χ4n) is 1.46. The number of aliphatic hydroxyl groups excluding tert-OH is 1. The molecule has 0 bridgehead atoms. The van der Waals surface area contributed by atoms with Gasteiger partial charge < -0.3 is 15.6 Å². The van der Waals surface area contributed by atoms with Crippen molar-refractivity contribution in [1.29, 1.82) is 0 Å². The smallest absolute Gasteiger partial charge is 0.0912 e. The van der Waals surface area contributed by atoms with Gasteiger partial charge in [0.25, 0.3) is 0 Å². The van der Waals surface area contributed by atoms with Gasteiger partial charge >= 0.3 is 0 Å². The lowest BCUT2D eigenvalue weighted by Crippen LogP contribution is -2.11. The maximum absolute atomic E-state index is 9.49. The van der Waals surface area contributed by atoms with Gasteiger partial charge in [-0.05, 0) is 24.0 Å². The Morgan fingerprint density at radius 2 is 2.00 bits per heavy atom. The normalized spacial score (nSPS) is 12.7. The first-order valence-electron chi connectivity index (χ1n) is 5.24. The molecule has 1 aromatic rings. The maximum atomic E-state index is 9.49. The van der Waals surface area contributed by atoms with Crippen molar-refractivity contribution in [2.75, 3.05) is 20.3 Å². The first-order valence-corrected chi connectivity index (χ1v) is 5.24. The van der Waals surface area contributed by atoms with Crippen LogP contribution in [0.5, 0.6) is 0 Å². The summed E-state index contributed by atoms with van der Waals surface area (Å²) in [6.07, 6.45) is 1.49. The lowest BCUT2D eigenvalue weighted by atomic mass is 10.0. The van der Waals surface area contributed by atoms with Gasteiger partial charge in [-0.25, -0.2) is 0 Å². The van der Waals surface area contributed by atoms with E-state index in [-0.39, 0.29) is 6.54 Å². The van der Waals surface area contributed by atoms with E-state index >= 15 is 0 Å². The van der Waals surface area contributed by atoms with Crippen LogP contribution in [0, 0.1) is 0 Å². The Morgan fingerprint density at radius 3 is 2.53 bits per heavy atom. The van der Waals surface area contributed by atoms with E-state index in [0.29, 0.717) is 0 Å². The quantitative estimate of drug-likeness (QED) is 0.693. The zero-order valence-corrected chi connectivity index (χ0v) is 9.15. The van der Waals surface area contributed by atoms with E-state index in [1.165, 1.54) is 5.56 Å². The van der Waals surface area contributed by atoms with Gasteiger partial charge in [0, 0.05) is 20.3 Å². The minimum atomic E-state index is -0.543. The van der Waals surface area contributed by atoms with Gasteiger partial charge in [-0.3, -0.25) is 0 Å². The van der Waals surface area contributed by atoms with Crippen LogP contribution in [0.1, 0.15) is 23.7 Å². The SMILES string of the molecule is COCCCc1ccc(C(O)CN)cc1. The first kappa shape index (κ1) is 12.2. The van der Waals surface area contributed by atoms with Crippen molar-refractivity contribution < 1.29 is 9.84 Å². The van der Waals surface area contributed by atoms with Gasteiger partial charge in [0.1, 0.15) is 0 Å². The topological polar surface area (TPSA) is 55.5 Å². The summed E-state index contributed by atoms with van der Waals surface area (Å²) in [5, 5.41) is 9.49. The average Bonchev–Trinajstić information content (AvgIpc) is 2.29. The minimum Gasteiger partial charge on any atom is -0.387 e. The zero-order chi connectivity index (χ0) is 11.1. The van der Waals surface area contributed by atoms with Gasteiger partial charge in [0.15, 0.2) is 0 Å². The van der Waals surface area contributed by atoms with Gasteiger partial charge in [0.2, 0.25) is 0 Å². The third-order valence-electron chi connectivity index (χ3n) is 2.40. The van der Waals surface area contributed by atoms with Crippen molar-refractivity contribution in [3.63, 3.8) is 0 Å². The Morgan fingerprint density at radius 1 is 1.33 bits per heavy atom. The molecule has 0 radical (unpaired) electrons. The van der Waals surface area contributed by atoms with E-state index in [2.05, 4.69) is 0 Å². The van der Waals surface area contributed by atoms with E-state index < -0.39 is 6.10 Å². The largest absolute Gasteiger partial charge is 0.387 e. The fraction of sp³-hybridized carbons (Fsp3) is 0.500. The number of aryl methyl sites for hydroxylation is 1. The average molecular weight is 209 g/mol. The molecule has 0 heterocycles. The van der Waals surface area contributed by atoms with Crippen LogP contribution in [-0.4, -0.2) is 25.4 Å². The summed E-state index contributed by atoms with van der Waals surface area (Å²) in [5.74, 6) is 0. The molecule has 0 saturated carbocycles. The van der Waals surface area contributed by atoms with E-state index in [4.69, 9.17) is 10.5 Å². The molecule has 1 rings (SSSR count). The number of hydrogen-bond donors (Lipinski definition) is 2. The zero-order valence-electron chi connectivity index (χ0n) is 9.15. The standard InChI is InChI=1S/C12H19NO2/c1-15-8-2-3-10-4-6-11(7-5-10)12(14)9-13/h4-7,12,14H,2-3,8-9,13H2,1H3. The molecule has 0 saturated heterocycles. The van der Waals surface area contributed by atoms with Gasteiger partial charge in [-0.2, -0.15) is 0 Å². The highest BCUT2D eigenvalue weighted by Crippen LogP contribution is 2.13. The van der Waals surface area contributed by atoms with Crippen LogP contribution in [0.4, 0.5) is 0 Å². The van der Waals surface area contributed by atoms with Gasteiger partial charge in [0.05, 0.1) is 6.10 Å². The molecular weight excluding hydrogens is 190 g/mol. The highest BCUT2D eigenvalue weighted by molar-refractivity contribution is 5.24. The maximum Gasteiger partial charge on any atom is 0.0912 e. The molecule has 1 atom stereocenters. The number of benzene rings is 1. The van der Waals surface area contributed by atoms with E-state index in [1.54, 1.807) is 7.11 Å². The first-order chi connectivity index (χ1) is 7.27. The van der Waals surface area contributed by atoms with Crippen LogP contribution < -0.4 is 5.73 Å². The summed E-state index contributed by atoms with van der Waals surface area (Å²) < 4.78 is 4.99. The summed E-state index contributed by atoms with van der Waals surface area (Å²) >= 11 is 0. The van der Waals surface area contributed by atoms with Crippen LogP contribution >= 0.6 is 0 Å². The summed E-state index contributed by atoms with van der Waals surface area (Å²) in [5.41, 5.74) is 7.52. The molecule has 0 aliphatic carbocycles. The van der Waals surface area contributed by atoms with Crippen molar-refractivity contribution >= 4 is 0 Å². The summed E-state index contributed by atoms with van der Waals surface area (Å²) in [6.45, 7) is 1.05. The lowest BCUT2D eigenvalue weighted by Gasteiger charge is -2.08. The third kappa shape index (κ3) is 4.00. The molecule has 0 aliphatic rings. The molecule has 3 N–H and O–H groups in total. The van der Waals surface area contributed by atoms with Gasteiger partial charge in [-0.15, -0.1) is 0 Å². The molecule has 0 aromatic heterocycles. The second-order valence-electron chi connectivity index (χ2n) is 3.59. The second kappa shape index (κ2) is 6.56. The number of rotatable bonds is 6. The predicted molar refractivity (Wildman–Crippen MR) is 60.7 cm³/mol. The number of methoxy groups -OCH3 is 1. The fourth-order valence-corrected chi connectivity index (χ4v) is 1.46. The predicted octanol–water partition coefficient (Wildman–Crippen LogP) is 1.26. The number of aliphatic hydroxyl groups is 1. The summed E-state index contributed by atoms with van der Waals surface area (Å²) in [7, 11) is 1.71. The highest BCUT2D eigenvalue weighted by atomic mass is 16.5. The molecule has 0 fully saturated rings. The van der Waals surface area contributed by atoms with Crippen LogP contribution in [0.3, 0.4) is 0 Å². The summed E-state index contributed by atoms with van der Waals surface area (Å²) in [4.78, 5) is 0. The molecule has 1 aromatic carbocycles. The Kier molecular flexibility index (Phi) is 5.32. The second-order valence-corrected chi connectivity index (χ2v) is 3.59. The van der Waals surface area contributed by atoms with Crippen LogP contribution in [0.2, 0.25) is 0 Å². The lowest BCUT2D eigenvalue weighted by molar-refractivity contribution is 0.186. The number of nitrogens with two attached hydrogens (primary N) is 1. The van der Waals surface area contributed by atoms with Crippen LogP contribution in [-0.2, 0) is 11.2 Å². The molecule has 3 nitrogen and oxygen atoms in total. The van der Waals surface area contributed by atoms with Crippen molar-refractivity contribution in [2.45, 2.75) is 18.9 Å². The molecule has 3 heteroatoms. The van der Waals surface area contributed by atoms with E-state index in [0.717, 1.165) is 25.0 Å². The Hall–Kier alpha value is -0.900. The Labute approximate surface area is 90.9 Å². The highest BCUT2D eigenvalue weighted by Gasteiger charge is 2.03. The number of hydrogen-bond acceptors (Lipinski definition) is 3. The molecule has 84 valence electrons. The molecule has 0 aliphatic heterocycles. The molecule has 15 heavy (non-hydrogen) atoms. The van der Waals surface area contributed by atoms with Crippen molar-refractivity contribution in [3.05, 3.63) is 35.4 Å². The van der Waals surface area contributed by atoms with Crippen LogP contribution in [0.25, 0.3) is 0 Å². The monoisotopic (exact) mass is 209 g/mol. The Balaban J connectivity index is 2.49. The van der Waals surface area contributed by atoms with Crippen molar-refractivity contribution in [2.24, 2.45) is 5.73 Å².